The average Bonchev–Trinajstić information content (AvgIpc) is 2.79. The third-order valence-electron chi connectivity index (χ3n) is 4.80. The van der Waals surface area contributed by atoms with Crippen LogP contribution >= 0.6 is 0 Å². The van der Waals surface area contributed by atoms with Gasteiger partial charge in [0.15, 0.2) is 0 Å². The van der Waals surface area contributed by atoms with Crippen LogP contribution in [0.25, 0.3) is 10.9 Å². The van der Waals surface area contributed by atoms with Crippen molar-refractivity contribution in [3.8, 4) is 5.75 Å². The normalized spacial score (nSPS) is 9.86. The van der Waals surface area contributed by atoms with Crippen molar-refractivity contribution in [1.82, 2.24) is 14.5 Å². The SMILES string of the molecule is CCOC(=O)CN(CCCOc1ccc2c(ccc(=O)n2C)c1)Cc1ccncc1.O=C([O-])[O-].[K+].[K+]. The number of hydrogen-bond donors (Lipinski definition) is 0. The van der Waals surface area contributed by atoms with E-state index in [1.165, 1.54) is 0 Å². The molecule has 0 saturated heterocycles. The van der Waals surface area contributed by atoms with Crippen molar-refractivity contribution in [3.05, 3.63) is 70.8 Å². The number of carbonyl (C=O) groups excluding carboxylic acids is 2. The smallest absolute Gasteiger partial charge is 0.652 e. The van der Waals surface area contributed by atoms with Gasteiger partial charge in [-0.3, -0.25) is 19.5 Å². The van der Waals surface area contributed by atoms with Crippen molar-refractivity contribution in [2.75, 3.05) is 26.3 Å². The molecule has 1 aromatic carbocycles. The number of aryl methyl sites for hydroxylation is 1. The molecule has 12 heteroatoms. The van der Waals surface area contributed by atoms with Gasteiger partial charge in [0.2, 0.25) is 0 Å². The van der Waals surface area contributed by atoms with E-state index in [1.54, 1.807) is 43.1 Å². The van der Waals surface area contributed by atoms with E-state index in [1.807, 2.05) is 35.2 Å². The molecule has 0 atom stereocenters. The Kier molecular flexibility index (Phi) is 19.1. The molecule has 0 spiro atoms. The maximum Gasteiger partial charge on any atom is 1.00 e. The first-order valence-electron chi connectivity index (χ1n) is 10.7. The van der Waals surface area contributed by atoms with E-state index in [2.05, 4.69) is 4.98 Å². The zero-order valence-corrected chi connectivity index (χ0v) is 27.4. The van der Waals surface area contributed by atoms with Crippen LogP contribution in [0.1, 0.15) is 18.9 Å². The van der Waals surface area contributed by atoms with Crippen LogP contribution in [0.15, 0.2) is 59.7 Å². The quantitative estimate of drug-likeness (QED) is 0.138. The van der Waals surface area contributed by atoms with Crippen LogP contribution in [-0.2, 0) is 23.1 Å². The third kappa shape index (κ3) is 13.2. The maximum absolute atomic E-state index is 11.9. The number of nitrogens with zero attached hydrogens (tertiary/aromatic N) is 3. The second kappa shape index (κ2) is 19.4. The fourth-order valence-electron chi connectivity index (χ4n) is 3.28. The molecule has 10 nitrogen and oxygen atoms in total. The van der Waals surface area contributed by atoms with Gasteiger partial charge in [-0.1, -0.05) is 0 Å². The Balaban J connectivity index is 0.00000190. The zero-order valence-electron chi connectivity index (χ0n) is 21.1. The second-order valence-corrected chi connectivity index (χ2v) is 7.27. The predicted molar refractivity (Wildman–Crippen MR) is 121 cm³/mol. The van der Waals surface area contributed by atoms with Gasteiger partial charge in [-0.05, 0) is 61.5 Å². The maximum atomic E-state index is 11.9. The van der Waals surface area contributed by atoms with E-state index < -0.39 is 6.16 Å². The number of fused-ring (bicyclic) bond motifs is 1. The summed E-state index contributed by atoms with van der Waals surface area (Å²) in [6, 6.07) is 12.9. The van der Waals surface area contributed by atoms with Crippen molar-refractivity contribution in [2.24, 2.45) is 7.05 Å². The fourth-order valence-corrected chi connectivity index (χ4v) is 3.28. The van der Waals surface area contributed by atoms with Crippen molar-refractivity contribution >= 4 is 23.0 Å². The molecule has 182 valence electrons. The Hall–Kier alpha value is -0.647. The van der Waals surface area contributed by atoms with Crippen molar-refractivity contribution in [2.45, 2.75) is 19.9 Å². The number of benzene rings is 1. The first-order valence-corrected chi connectivity index (χ1v) is 10.7. The number of aromatic nitrogens is 2. The van der Waals surface area contributed by atoms with E-state index in [9.17, 15) is 9.59 Å². The monoisotopic (exact) mass is 547 g/mol. The summed E-state index contributed by atoms with van der Waals surface area (Å²) in [6.07, 6.45) is 1.92. The van der Waals surface area contributed by atoms with Gasteiger partial charge in [-0.25, -0.2) is 0 Å². The number of esters is 1. The van der Waals surface area contributed by atoms with Crippen molar-refractivity contribution < 1.29 is 132 Å². The van der Waals surface area contributed by atoms with Gasteiger partial charge in [0.05, 0.1) is 25.3 Å². The Morgan fingerprint density at radius 1 is 1.06 bits per heavy atom. The minimum absolute atomic E-state index is 0. The molecule has 0 saturated carbocycles. The molecule has 0 aliphatic rings. The van der Waals surface area contributed by atoms with E-state index in [0.29, 0.717) is 26.3 Å². The minimum atomic E-state index is -2.33. The Morgan fingerprint density at radius 2 is 1.72 bits per heavy atom. The van der Waals surface area contributed by atoms with E-state index in [4.69, 9.17) is 24.5 Å². The van der Waals surface area contributed by atoms with E-state index >= 15 is 0 Å². The molecule has 0 unspecified atom stereocenters. The molecule has 3 aromatic rings. The summed E-state index contributed by atoms with van der Waals surface area (Å²) >= 11 is 0. The largest absolute Gasteiger partial charge is 1.00 e. The molecule has 0 bridgehead atoms. The first-order chi connectivity index (χ1) is 16.3. The van der Waals surface area contributed by atoms with Gasteiger partial charge >= 0.3 is 109 Å². The van der Waals surface area contributed by atoms with Crippen LogP contribution < -0.4 is 123 Å². The van der Waals surface area contributed by atoms with Gasteiger partial charge in [0.25, 0.3) is 5.56 Å². The third-order valence-corrected chi connectivity index (χ3v) is 4.80. The van der Waals surface area contributed by atoms with Crippen LogP contribution in [0.4, 0.5) is 4.79 Å². The molecule has 2 heterocycles. The molecule has 36 heavy (non-hydrogen) atoms. The number of hydrogen-bond acceptors (Lipinski definition) is 9. The molecule has 3 rings (SSSR count). The number of ether oxygens (including phenoxy) is 2. The van der Waals surface area contributed by atoms with Crippen molar-refractivity contribution in [1.29, 1.82) is 0 Å². The standard InChI is InChI=1S/C23H27N3O4.CH2O3.2K/c1-3-29-23(28)17-26(16-18-9-11-24-12-10-18)13-4-14-30-20-6-7-21-19(15-20)5-8-22(27)25(21)2;2-1(3)4;;/h5-12,15H,3-4,13-14,16-17H2,1-2H3;(H2,2,3,4);;/q;;2*+1/p-2. The van der Waals surface area contributed by atoms with E-state index in [-0.39, 0.29) is 121 Å². The summed E-state index contributed by atoms with van der Waals surface area (Å²) in [6.45, 7) is 4.28. The molecule has 0 aliphatic heterocycles. The van der Waals surface area contributed by atoms with Crippen LogP contribution in [0.5, 0.6) is 5.75 Å². The van der Waals surface area contributed by atoms with Crippen molar-refractivity contribution in [3.63, 3.8) is 0 Å². The molecule has 0 radical (unpaired) electrons. The fraction of sp³-hybridized carbons (Fsp3) is 0.333. The van der Waals surface area contributed by atoms with Gasteiger partial charge in [0, 0.05) is 44.0 Å². The Labute approximate surface area is 294 Å². The summed E-state index contributed by atoms with van der Waals surface area (Å²) in [5, 5.41) is 17.6. The average molecular weight is 548 g/mol. The van der Waals surface area contributed by atoms with Crippen LogP contribution in [0.2, 0.25) is 0 Å². The number of pyridine rings is 2. The van der Waals surface area contributed by atoms with Gasteiger partial charge in [-0.2, -0.15) is 0 Å². The molecular weight excluding hydrogens is 520 g/mol. The number of carboxylic acid groups (broad SMARTS) is 2. The van der Waals surface area contributed by atoms with Crippen LogP contribution in [-0.4, -0.2) is 52.9 Å². The summed E-state index contributed by atoms with van der Waals surface area (Å²) in [7, 11) is 1.76. The molecule has 2 aromatic heterocycles. The summed E-state index contributed by atoms with van der Waals surface area (Å²) in [5.41, 5.74) is 1.93. The first kappa shape index (κ1) is 35.4. The van der Waals surface area contributed by atoms with Gasteiger partial charge < -0.3 is 29.0 Å². The molecular formula is C24H27K2N3O7. The minimum Gasteiger partial charge on any atom is -0.652 e. The molecule has 0 amide bonds. The predicted octanol–water partition coefficient (Wildman–Crippen LogP) is -5.67. The van der Waals surface area contributed by atoms with E-state index in [0.717, 1.165) is 28.6 Å². The summed E-state index contributed by atoms with van der Waals surface area (Å²) in [4.78, 5) is 38.1. The number of rotatable bonds is 10. The topological polar surface area (TPSA) is 137 Å². The molecule has 0 fully saturated rings. The van der Waals surface area contributed by atoms with Gasteiger partial charge in [0.1, 0.15) is 5.75 Å². The molecule has 0 aliphatic carbocycles. The number of carbonyl (C=O) groups is 2. The summed E-state index contributed by atoms with van der Waals surface area (Å²) < 4.78 is 12.6. The summed E-state index contributed by atoms with van der Waals surface area (Å²) in [5.74, 6) is 0.528. The second-order valence-electron chi connectivity index (χ2n) is 7.27. The molecule has 0 N–H and O–H groups in total. The van der Waals surface area contributed by atoms with Crippen LogP contribution in [0.3, 0.4) is 0 Å². The Bertz CT molecular complexity index is 1140. The zero-order chi connectivity index (χ0) is 24.9. The Morgan fingerprint density at radius 3 is 2.36 bits per heavy atom. The van der Waals surface area contributed by atoms with Crippen LogP contribution in [0, 0.1) is 0 Å². The van der Waals surface area contributed by atoms with Gasteiger partial charge in [-0.15, -0.1) is 0 Å².